The largest absolute Gasteiger partial charge is 0.339 e. The molecule has 6 heteroatoms. The van der Waals surface area contributed by atoms with E-state index < -0.39 is 0 Å². The Morgan fingerprint density at radius 1 is 1.08 bits per heavy atom. The lowest BCUT2D eigenvalue weighted by Gasteiger charge is -2.38. The highest BCUT2D eigenvalue weighted by Crippen LogP contribution is 2.43. The van der Waals surface area contributed by atoms with E-state index in [9.17, 15) is 9.59 Å². The summed E-state index contributed by atoms with van der Waals surface area (Å²) in [7, 11) is 1.86. The normalized spacial score (nSPS) is 19.4. The zero-order valence-electron chi connectivity index (χ0n) is 15.3. The van der Waals surface area contributed by atoms with Crippen LogP contribution in [0.15, 0.2) is 36.7 Å². The molecule has 0 saturated carbocycles. The van der Waals surface area contributed by atoms with Gasteiger partial charge in [-0.2, -0.15) is 5.10 Å². The lowest BCUT2D eigenvalue weighted by atomic mass is 9.77. The number of anilines is 1. The van der Waals surface area contributed by atoms with Crippen molar-refractivity contribution in [3.05, 3.63) is 47.8 Å². The maximum atomic E-state index is 13.1. The summed E-state index contributed by atoms with van der Waals surface area (Å²) >= 11 is 0. The molecular weight excluding hydrogens is 328 g/mol. The highest BCUT2D eigenvalue weighted by Gasteiger charge is 2.49. The Labute approximate surface area is 153 Å². The smallest absolute Gasteiger partial charge is 0.253 e. The van der Waals surface area contributed by atoms with E-state index >= 15 is 0 Å². The van der Waals surface area contributed by atoms with E-state index in [0.717, 1.165) is 42.6 Å². The van der Waals surface area contributed by atoms with Crippen LogP contribution in [-0.4, -0.2) is 46.1 Å². The van der Waals surface area contributed by atoms with Crippen LogP contribution < -0.4 is 4.90 Å². The average Bonchev–Trinajstić information content (AvgIpc) is 3.20. The molecule has 1 aromatic heterocycles. The Kier molecular flexibility index (Phi) is 4.05. The highest BCUT2D eigenvalue weighted by molar-refractivity contribution is 6.00. The van der Waals surface area contributed by atoms with Crippen LogP contribution in [0.4, 0.5) is 5.69 Å². The van der Waals surface area contributed by atoms with Gasteiger partial charge >= 0.3 is 0 Å². The van der Waals surface area contributed by atoms with Gasteiger partial charge in [0.2, 0.25) is 5.91 Å². The first kappa shape index (κ1) is 16.8. The maximum absolute atomic E-state index is 13.1. The fourth-order valence-corrected chi connectivity index (χ4v) is 4.10. The second-order valence-corrected chi connectivity index (χ2v) is 7.52. The van der Waals surface area contributed by atoms with Crippen LogP contribution in [0.3, 0.4) is 0 Å². The lowest BCUT2D eigenvalue weighted by Crippen LogP contribution is -2.46. The summed E-state index contributed by atoms with van der Waals surface area (Å²) in [6.07, 6.45) is 5.95. The molecule has 0 N–H and O–H groups in total. The molecule has 3 heterocycles. The van der Waals surface area contributed by atoms with Gasteiger partial charge in [0, 0.05) is 38.4 Å². The summed E-state index contributed by atoms with van der Waals surface area (Å²) < 4.78 is 1.72. The average molecular weight is 352 g/mol. The number of benzene rings is 1. The lowest BCUT2D eigenvalue weighted by molar-refractivity contribution is -0.127. The third-order valence-corrected chi connectivity index (χ3v) is 5.82. The van der Waals surface area contributed by atoms with Crippen molar-refractivity contribution in [2.45, 2.75) is 26.2 Å². The van der Waals surface area contributed by atoms with E-state index in [1.165, 1.54) is 0 Å². The topological polar surface area (TPSA) is 58.4 Å². The summed E-state index contributed by atoms with van der Waals surface area (Å²) in [6.45, 7) is 4.02. The summed E-state index contributed by atoms with van der Waals surface area (Å²) in [5, 5.41) is 4.17. The maximum Gasteiger partial charge on any atom is 0.253 e. The van der Waals surface area contributed by atoms with Crippen LogP contribution in [0.1, 0.15) is 35.2 Å². The molecule has 0 bridgehead atoms. The molecule has 2 aliphatic heterocycles. The summed E-state index contributed by atoms with van der Waals surface area (Å²) in [5.74, 6) is 0.252. The fraction of sp³-hybridized carbons (Fsp3) is 0.450. The Bertz CT molecular complexity index is 832. The number of amides is 2. The summed E-state index contributed by atoms with van der Waals surface area (Å²) in [6, 6.07) is 7.69. The molecule has 6 nitrogen and oxygen atoms in total. The van der Waals surface area contributed by atoms with Crippen LogP contribution in [-0.2, 0) is 11.8 Å². The molecule has 136 valence electrons. The van der Waals surface area contributed by atoms with Crippen LogP contribution in [0.25, 0.3) is 0 Å². The Morgan fingerprint density at radius 2 is 1.73 bits per heavy atom. The quantitative estimate of drug-likeness (QED) is 0.834. The molecule has 0 aliphatic carbocycles. The number of piperidine rings is 1. The van der Waals surface area contributed by atoms with Gasteiger partial charge in [0.15, 0.2) is 0 Å². The van der Waals surface area contributed by atoms with Gasteiger partial charge in [0.1, 0.15) is 0 Å². The van der Waals surface area contributed by atoms with Gasteiger partial charge in [-0.25, -0.2) is 0 Å². The standard InChI is InChI=1S/C20H24N4O2/c1-15-3-5-16(6-4-15)18(25)23-10-7-20(8-11-23)9-12-24(19(20)26)17-13-21-22(2)14-17/h3-6,13-14H,7-12H2,1-2H3. The van der Waals surface area contributed by atoms with Crippen LogP contribution in [0.5, 0.6) is 0 Å². The van der Waals surface area contributed by atoms with Crippen LogP contribution >= 0.6 is 0 Å². The molecule has 2 fully saturated rings. The third kappa shape index (κ3) is 2.79. The fourth-order valence-electron chi connectivity index (χ4n) is 4.10. The first-order valence-electron chi connectivity index (χ1n) is 9.15. The molecule has 1 spiro atoms. The van der Waals surface area contributed by atoms with E-state index in [1.807, 2.05) is 54.2 Å². The summed E-state index contributed by atoms with van der Waals surface area (Å²) in [4.78, 5) is 29.5. The number of carbonyl (C=O) groups excluding carboxylic acids is 2. The predicted molar refractivity (Wildman–Crippen MR) is 98.9 cm³/mol. The number of hydrogen-bond acceptors (Lipinski definition) is 3. The molecule has 2 aliphatic rings. The molecule has 1 aromatic carbocycles. The van der Waals surface area contributed by atoms with Crippen molar-refractivity contribution < 1.29 is 9.59 Å². The SMILES string of the molecule is Cc1ccc(C(=O)N2CCC3(CC2)CCN(c2cnn(C)c2)C3=O)cc1. The Morgan fingerprint density at radius 3 is 2.35 bits per heavy atom. The van der Waals surface area contributed by atoms with Crippen molar-refractivity contribution >= 4 is 17.5 Å². The van der Waals surface area contributed by atoms with E-state index in [1.54, 1.807) is 10.9 Å². The molecule has 0 radical (unpaired) electrons. The van der Waals surface area contributed by atoms with Gasteiger partial charge in [0.25, 0.3) is 5.91 Å². The van der Waals surface area contributed by atoms with E-state index in [-0.39, 0.29) is 17.2 Å². The van der Waals surface area contributed by atoms with Crippen molar-refractivity contribution in [1.29, 1.82) is 0 Å². The van der Waals surface area contributed by atoms with Gasteiger partial charge in [-0.3, -0.25) is 14.3 Å². The van der Waals surface area contributed by atoms with Crippen molar-refractivity contribution in [2.75, 3.05) is 24.5 Å². The summed E-state index contributed by atoms with van der Waals surface area (Å²) in [5.41, 5.74) is 2.42. The molecule has 0 atom stereocenters. The van der Waals surface area contributed by atoms with Crippen molar-refractivity contribution in [2.24, 2.45) is 12.5 Å². The Balaban J connectivity index is 1.44. The molecule has 26 heavy (non-hydrogen) atoms. The van der Waals surface area contributed by atoms with Gasteiger partial charge < -0.3 is 9.80 Å². The van der Waals surface area contributed by atoms with Crippen LogP contribution in [0.2, 0.25) is 0 Å². The molecule has 0 unspecified atom stereocenters. The molecular formula is C20H24N4O2. The van der Waals surface area contributed by atoms with Crippen LogP contribution in [0, 0.1) is 12.3 Å². The first-order valence-corrected chi connectivity index (χ1v) is 9.15. The molecule has 4 rings (SSSR count). The third-order valence-electron chi connectivity index (χ3n) is 5.82. The number of hydrogen-bond donors (Lipinski definition) is 0. The van der Waals surface area contributed by atoms with Crippen molar-refractivity contribution in [1.82, 2.24) is 14.7 Å². The molecule has 2 amide bonds. The number of aryl methyl sites for hydroxylation is 2. The predicted octanol–water partition coefficient (Wildman–Crippen LogP) is 2.39. The minimum Gasteiger partial charge on any atom is -0.339 e. The number of carbonyl (C=O) groups is 2. The number of likely N-dealkylation sites (tertiary alicyclic amines) is 1. The zero-order valence-corrected chi connectivity index (χ0v) is 15.3. The minimum absolute atomic E-state index is 0.0643. The van der Waals surface area contributed by atoms with Crippen molar-refractivity contribution in [3.63, 3.8) is 0 Å². The molecule has 2 saturated heterocycles. The molecule has 2 aromatic rings. The monoisotopic (exact) mass is 352 g/mol. The van der Waals surface area contributed by atoms with E-state index in [2.05, 4.69) is 5.10 Å². The van der Waals surface area contributed by atoms with E-state index in [4.69, 9.17) is 0 Å². The number of nitrogens with zero attached hydrogens (tertiary/aromatic N) is 4. The number of rotatable bonds is 2. The highest BCUT2D eigenvalue weighted by atomic mass is 16.2. The second kappa shape index (κ2) is 6.27. The van der Waals surface area contributed by atoms with Crippen molar-refractivity contribution in [3.8, 4) is 0 Å². The zero-order chi connectivity index (χ0) is 18.3. The first-order chi connectivity index (χ1) is 12.5. The number of aromatic nitrogens is 2. The second-order valence-electron chi connectivity index (χ2n) is 7.52. The minimum atomic E-state index is -0.320. The van der Waals surface area contributed by atoms with Gasteiger partial charge in [-0.15, -0.1) is 0 Å². The van der Waals surface area contributed by atoms with Gasteiger partial charge in [-0.05, 0) is 38.3 Å². The van der Waals surface area contributed by atoms with Gasteiger partial charge in [-0.1, -0.05) is 17.7 Å². The Hall–Kier alpha value is -2.63. The van der Waals surface area contributed by atoms with Gasteiger partial charge in [0.05, 0.1) is 17.3 Å². The van der Waals surface area contributed by atoms with E-state index in [0.29, 0.717) is 13.1 Å².